The van der Waals surface area contributed by atoms with E-state index in [0.29, 0.717) is 18.3 Å². The molecule has 2 rings (SSSR count). The number of hydrogen-bond donors (Lipinski definition) is 1. The molecule has 0 aliphatic carbocycles. The molecule has 7 heteroatoms. The van der Waals surface area contributed by atoms with Gasteiger partial charge < -0.3 is 15.2 Å². The molecule has 94 valence electrons. The van der Waals surface area contributed by atoms with E-state index in [1.54, 1.807) is 25.4 Å². The lowest BCUT2D eigenvalue weighted by Gasteiger charge is -2.05. The van der Waals surface area contributed by atoms with Gasteiger partial charge in [-0.05, 0) is 13.0 Å². The minimum Gasteiger partial charge on any atom is -0.481 e. The van der Waals surface area contributed by atoms with E-state index < -0.39 is 0 Å². The molecule has 0 radical (unpaired) electrons. The maximum atomic E-state index is 5.61. The van der Waals surface area contributed by atoms with Crippen LogP contribution in [0.25, 0.3) is 11.4 Å². The highest BCUT2D eigenvalue weighted by molar-refractivity contribution is 5.57. The first-order valence-electron chi connectivity index (χ1n) is 5.37. The summed E-state index contributed by atoms with van der Waals surface area (Å²) in [6, 6.07) is 3.67. The normalized spacial score (nSPS) is 10.1. The van der Waals surface area contributed by atoms with Gasteiger partial charge in [0.1, 0.15) is 0 Å². The summed E-state index contributed by atoms with van der Waals surface area (Å²) in [5.74, 6) is 1.01. The predicted molar refractivity (Wildman–Crippen MR) is 65.2 cm³/mol. The Labute approximate surface area is 104 Å². The van der Waals surface area contributed by atoms with Crippen LogP contribution in [0.5, 0.6) is 11.9 Å². The number of nitrogen functional groups attached to an aromatic ring is 1. The third kappa shape index (κ3) is 2.62. The Hall–Kier alpha value is -2.44. The van der Waals surface area contributed by atoms with Gasteiger partial charge in [0.05, 0.1) is 13.7 Å². The van der Waals surface area contributed by atoms with Crippen LogP contribution in [0.3, 0.4) is 0 Å². The number of hydrogen-bond acceptors (Lipinski definition) is 7. The van der Waals surface area contributed by atoms with E-state index in [1.165, 1.54) is 0 Å². The number of aromatic nitrogens is 4. The molecule has 0 aliphatic heterocycles. The number of nitrogens with zero attached hydrogens (tertiary/aromatic N) is 4. The summed E-state index contributed by atoms with van der Waals surface area (Å²) >= 11 is 0. The van der Waals surface area contributed by atoms with Crippen LogP contribution in [0.1, 0.15) is 6.92 Å². The molecule has 18 heavy (non-hydrogen) atoms. The fraction of sp³-hybridized carbons (Fsp3) is 0.273. The molecule has 0 saturated heterocycles. The van der Waals surface area contributed by atoms with Gasteiger partial charge in [0.15, 0.2) is 5.82 Å². The zero-order valence-corrected chi connectivity index (χ0v) is 10.1. The number of ether oxygens (including phenoxy) is 2. The van der Waals surface area contributed by atoms with Gasteiger partial charge in [-0.25, -0.2) is 4.98 Å². The molecular formula is C11H13N5O2. The minimum atomic E-state index is 0.110. The van der Waals surface area contributed by atoms with Gasteiger partial charge in [0.25, 0.3) is 0 Å². The van der Waals surface area contributed by atoms with Crippen LogP contribution >= 0.6 is 0 Å². The minimum absolute atomic E-state index is 0.110. The molecule has 0 atom stereocenters. The molecule has 7 nitrogen and oxygen atoms in total. The van der Waals surface area contributed by atoms with Crippen LogP contribution in [0, 0.1) is 0 Å². The Balaban J connectivity index is 2.42. The van der Waals surface area contributed by atoms with Crippen LogP contribution < -0.4 is 15.2 Å². The molecule has 0 fully saturated rings. The lowest BCUT2D eigenvalue weighted by molar-refractivity contribution is 0.312. The molecule has 0 aliphatic rings. The zero-order chi connectivity index (χ0) is 13.0. The highest BCUT2D eigenvalue weighted by atomic mass is 16.5. The quantitative estimate of drug-likeness (QED) is 0.858. The number of methoxy groups -OCH3 is 1. The van der Waals surface area contributed by atoms with E-state index in [2.05, 4.69) is 19.9 Å². The van der Waals surface area contributed by atoms with Crippen molar-refractivity contribution >= 4 is 5.95 Å². The van der Waals surface area contributed by atoms with E-state index in [0.717, 1.165) is 5.56 Å². The summed E-state index contributed by atoms with van der Waals surface area (Å²) in [5, 5.41) is 0. The van der Waals surface area contributed by atoms with Gasteiger partial charge in [0, 0.05) is 17.8 Å². The van der Waals surface area contributed by atoms with E-state index in [1.807, 2.05) is 6.92 Å². The summed E-state index contributed by atoms with van der Waals surface area (Å²) in [6.07, 6.45) is 1.61. The van der Waals surface area contributed by atoms with E-state index >= 15 is 0 Å². The van der Waals surface area contributed by atoms with E-state index in [9.17, 15) is 0 Å². The molecule has 2 heterocycles. The van der Waals surface area contributed by atoms with Gasteiger partial charge in [-0.1, -0.05) is 0 Å². The van der Waals surface area contributed by atoms with Crippen molar-refractivity contribution in [1.82, 2.24) is 19.9 Å². The lowest BCUT2D eigenvalue weighted by Crippen LogP contribution is -2.04. The van der Waals surface area contributed by atoms with Crippen molar-refractivity contribution in [1.29, 1.82) is 0 Å². The van der Waals surface area contributed by atoms with Crippen LogP contribution in [0.15, 0.2) is 18.3 Å². The Morgan fingerprint density at radius 1 is 1.28 bits per heavy atom. The molecular weight excluding hydrogens is 234 g/mol. The first kappa shape index (κ1) is 12.0. The third-order valence-corrected chi connectivity index (χ3v) is 2.11. The van der Waals surface area contributed by atoms with Gasteiger partial charge >= 0.3 is 6.01 Å². The number of nitrogens with two attached hydrogens (primary N) is 1. The smallest absolute Gasteiger partial charge is 0.321 e. The van der Waals surface area contributed by atoms with Crippen molar-refractivity contribution in [2.45, 2.75) is 6.92 Å². The molecule has 2 aromatic heterocycles. The average molecular weight is 247 g/mol. The number of anilines is 1. The van der Waals surface area contributed by atoms with Crippen molar-refractivity contribution in [3.05, 3.63) is 18.3 Å². The molecule has 0 bridgehead atoms. The SMILES string of the molecule is CCOc1nc(N)nc(-c2ccnc(OC)c2)n1. The van der Waals surface area contributed by atoms with Crippen molar-refractivity contribution in [3.8, 4) is 23.3 Å². The van der Waals surface area contributed by atoms with Crippen molar-refractivity contribution in [3.63, 3.8) is 0 Å². The summed E-state index contributed by atoms with van der Waals surface area (Å²) in [7, 11) is 1.54. The maximum absolute atomic E-state index is 5.61. The predicted octanol–water partition coefficient (Wildman–Crippen LogP) is 0.923. The molecule has 0 aromatic carbocycles. The monoisotopic (exact) mass is 247 g/mol. The molecule has 0 unspecified atom stereocenters. The molecule has 0 spiro atoms. The summed E-state index contributed by atoms with van der Waals surface area (Å²) in [5.41, 5.74) is 6.34. The third-order valence-electron chi connectivity index (χ3n) is 2.11. The standard InChI is InChI=1S/C11H13N5O2/c1-3-18-11-15-9(14-10(12)16-11)7-4-5-13-8(6-7)17-2/h4-6H,3H2,1-2H3,(H2,12,14,15,16). The van der Waals surface area contributed by atoms with Crippen LogP contribution in [0.4, 0.5) is 5.95 Å². The maximum Gasteiger partial charge on any atom is 0.321 e. The molecule has 2 aromatic rings. The Kier molecular flexibility index (Phi) is 3.52. The average Bonchev–Trinajstić information content (AvgIpc) is 2.38. The largest absolute Gasteiger partial charge is 0.481 e. The van der Waals surface area contributed by atoms with Gasteiger partial charge in [-0.3, -0.25) is 0 Å². The van der Waals surface area contributed by atoms with E-state index in [4.69, 9.17) is 15.2 Å². The number of rotatable bonds is 4. The molecule has 2 N–H and O–H groups in total. The second-order valence-electron chi connectivity index (χ2n) is 3.32. The summed E-state index contributed by atoms with van der Waals surface area (Å²) < 4.78 is 10.3. The fourth-order valence-electron chi connectivity index (χ4n) is 1.35. The van der Waals surface area contributed by atoms with Crippen molar-refractivity contribution in [2.75, 3.05) is 19.5 Å². The van der Waals surface area contributed by atoms with Crippen LogP contribution in [0.2, 0.25) is 0 Å². The van der Waals surface area contributed by atoms with Gasteiger partial charge in [-0.15, -0.1) is 0 Å². The second-order valence-corrected chi connectivity index (χ2v) is 3.32. The molecule has 0 saturated carbocycles. The Morgan fingerprint density at radius 3 is 2.83 bits per heavy atom. The van der Waals surface area contributed by atoms with Crippen LogP contribution in [-0.4, -0.2) is 33.7 Å². The molecule has 0 amide bonds. The fourth-order valence-corrected chi connectivity index (χ4v) is 1.35. The van der Waals surface area contributed by atoms with Crippen LogP contribution in [-0.2, 0) is 0 Å². The first-order chi connectivity index (χ1) is 8.72. The summed E-state index contributed by atoms with van der Waals surface area (Å²) in [4.78, 5) is 16.1. The van der Waals surface area contributed by atoms with Gasteiger partial charge in [-0.2, -0.15) is 15.0 Å². The topological polar surface area (TPSA) is 96.0 Å². The van der Waals surface area contributed by atoms with Gasteiger partial charge in [0.2, 0.25) is 11.8 Å². The Bertz CT molecular complexity index is 547. The van der Waals surface area contributed by atoms with Crippen molar-refractivity contribution < 1.29 is 9.47 Å². The number of pyridine rings is 1. The van der Waals surface area contributed by atoms with E-state index in [-0.39, 0.29) is 12.0 Å². The summed E-state index contributed by atoms with van der Waals surface area (Å²) in [6.45, 7) is 2.30. The lowest BCUT2D eigenvalue weighted by atomic mass is 10.2. The zero-order valence-electron chi connectivity index (χ0n) is 10.1. The Morgan fingerprint density at radius 2 is 2.11 bits per heavy atom. The highest BCUT2D eigenvalue weighted by Crippen LogP contribution is 2.20. The first-order valence-corrected chi connectivity index (χ1v) is 5.37. The second kappa shape index (κ2) is 5.26. The highest BCUT2D eigenvalue weighted by Gasteiger charge is 2.08. The van der Waals surface area contributed by atoms with Crippen molar-refractivity contribution in [2.24, 2.45) is 0 Å².